The first-order chi connectivity index (χ1) is 16.1. The highest BCUT2D eigenvalue weighted by atomic mass is 32.2. The summed E-state index contributed by atoms with van der Waals surface area (Å²) in [5.41, 5.74) is 6.36. The Hall–Kier alpha value is -3.03. The minimum Gasteiger partial charge on any atom is -0.305 e. The van der Waals surface area contributed by atoms with E-state index in [-0.39, 0.29) is 16.7 Å². The summed E-state index contributed by atoms with van der Waals surface area (Å²) in [5.74, 6) is 1.04. The number of fused-ring (bicyclic) bond motifs is 1. The van der Waals surface area contributed by atoms with E-state index in [9.17, 15) is 8.42 Å². The number of sulfonamides is 1. The van der Waals surface area contributed by atoms with Gasteiger partial charge in [-0.25, -0.2) is 18.4 Å². The molecule has 0 saturated heterocycles. The maximum atomic E-state index is 13.1. The third-order valence-electron chi connectivity index (χ3n) is 6.07. The fraction of sp³-hybridized carbons (Fsp3) is 0.333. The van der Waals surface area contributed by atoms with Crippen LogP contribution in [0.15, 0.2) is 71.5 Å². The molecule has 1 aliphatic rings. The number of rotatable bonds is 7. The summed E-state index contributed by atoms with van der Waals surface area (Å²) < 4.78 is 29.1. The van der Waals surface area contributed by atoms with E-state index in [1.807, 2.05) is 38.4 Å². The summed E-state index contributed by atoms with van der Waals surface area (Å²) in [6.45, 7) is 7.18. The molecule has 1 aliphatic carbocycles. The van der Waals surface area contributed by atoms with Crippen molar-refractivity contribution in [2.75, 3.05) is 14.1 Å². The molecule has 4 rings (SSSR count). The predicted molar refractivity (Wildman–Crippen MR) is 136 cm³/mol. The summed E-state index contributed by atoms with van der Waals surface area (Å²) in [4.78, 5) is 11.2. The molecule has 0 bridgehead atoms. The lowest BCUT2D eigenvalue weighted by atomic mass is 9.80. The average Bonchev–Trinajstić information content (AvgIpc) is 2.79. The van der Waals surface area contributed by atoms with Crippen LogP contribution in [0.1, 0.15) is 54.9 Å². The second kappa shape index (κ2) is 9.68. The number of hydrogen-bond donors (Lipinski definition) is 1. The van der Waals surface area contributed by atoms with Gasteiger partial charge in [0.2, 0.25) is 0 Å². The Morgan fingerprint density at radius 3 is 2.38 bits per heavy atom. The molecular weight excluding hydrogens is 444 g/mol. The highest BCUT2D eigenvalue weighted by Crippen LogP contribution is 2.37. The third kappa shape index (κ3) is 5.21. The molecule has 178 valence electrons. The van der Waals surface area contributed by atoms with E-state index < -0.39 is 10.0 Å². The SMILES string of the molecule is CC(C)c1cc(-c2ncccn2)cc2c1CC(NS(=O)(=O)c1ccc(CN(C)C)cc1)=CC2C. The number of benzene rings is 2. The second-order valence-corrected chi connectivity index (χ2v) is 11.2. The van der Waals surface area contributed by atoms with Crippen molar-refractivity contribution in [3.05, 3.63) is 88.9 Å². The predicted octanol–water partition coefficient (Wildman–Crippen LogP) is 4.85. The number of allylic oxidation sites excluding steroid dienone is 2. The summed E-state index contributed by atoms with van der Waals surface area (Å²) in [5, 5.41) is 0. The molecular formula is C27H32N4O2S. The van der Waals surface area contributed by atoms with Crippen molar-refractivity contribution in [1.82, 2.24) is 19.6 Å². The van der Waals surface area contributed by atoms with Gasteiger partial charge in [-0.15, -0.1) is 0 Å². The largest absolute Gasteiger partial charge is 0.305 e. The minimum atomic E-state index is -3.67. The first-order valence-corrected chi connectivity index (χ1v) is 13.0. The molecule has 7 heteroatoms. The molecule has 0 spiro atoms. The topological polar surface area (TPSA) is 75.2 Å². The Morgan fingerprint density at radius 2 is 1.76 bits per heavy atom. The fourth-order valence-corrected chi connectivity index (χ4v) is 5.60. The molecule has 0 fully saturated rings. The van der Waals surface area contributed by atoms with E-state index in [0.29, 0.717) is 17.9 Å². The fourth-order valence-electron chi connectivity index (χ4n) is 4.50. The van der Waals surface area contributed by atoms with Gasteiger partial charge in [0.05, 0.1) is 4.90 Å². The van der Waals surface area contributed by atoms with Crippen LogP contribution in [0.2, 0.25) is 0 Å². The van der Waals surface area contributed by atoms with Crippen molar-refractivity contribution >= 4 is 10.0 Å². The molecule has 1 unspecified atom stereocenters. The molecule has 1 aromatic heterocycles. The summed E-state index contributed by atoms with van der Waals surface area (Å²) in [6, 6.07) is 13.2. The van der Waals surface area contributed by atoms with Gasteiger partial charge < -0.3 is 4.90 Å². The lowest BCUT2D eigenvalue weighted by Crippen LogP contribution is -2.27. The van der Waals surface area contributed by atoms with Crippen molar-refractivity contribution < 1.29 is 8.42 Å². The van der Waals surface area contributed by atoms with Crippen LogP contribution in [0.25, 0.3) is 11.4 Å². The van der Waals surface area contributed by atoms with Crippen LogP contribution in [0, 0.1) is 0 Å². The monoisotopic (exact) mass is 476 g/mol. The molecule has 1 atom stereocenters. The van der Waals surface area contributed by atoms with Crippen molar-refractivity contribution in [2.45, 2.75) is 50.5 Å². The standard InChI is InChI=1S/C27H32N4O2S/c1-18(2)24-14-21(27-28-11-6-12-29-27)15-25-19(3)13-22(16-26(24)25)30-34(32,33)23-9-7-20(8-10-23)17-31(4)5/h6-15,18-19,30H,16-17H2,1-5H3. The summed E-state index contributed by atoms with van der Waals surface area (Å²) in [6.07, 6.45) is 6.06. The molecule has 1 heterocycles. The number of nitrogens with zero attached hydrogens (tertiary/aromatic N) is 3. The Morgan fingerprint density at radius 1 is 1.09 bits per heavy atom. The molecule has 0 radical (unpaired) electrons. The normalized spacial score (nSPS) is 15.9. The molecule has 1 N–H and O–H groups in total. The first-order valence-electron chi connectivity index (χ1n) is 11.6. The van der Waals surface area contributed by atoms with E-state index in [1.165, 1.54) is 16.7 Å². The molecule has 0 aliphatic heterocycles. The van der Waals surface area contributed by atoms with E-state index in [1.54, 1.807) is 24.5 Å². The molecule has 34 heavy (non-hydrogen) atoms. The van der Waals surface area contributed by atoms with Crippen LogP contribution in [0.3, 0.4) is 0 Å². The van der Waals surface area contributed by atoms with Crippen LogP contribution in [0.5, 0.6) is 0 Å². The highest BCUT2D eigenvalue weighted by Gasteiger charge is 2.25. The Balaban J connectivity index is 1.63. The number of nitrogens with one attached hydrogen (secondary N) is 1. The number of hydrogen-bond acceptors (Lipinski definition) is 5. The molecule has 0 saturated carbocycles. The van der Waals surface area contributed by atoms with Gasteiger partial charge in [0, 0.05) is 42.5 Å². The zero-order chi connectivity index (χ0) is 24.5. The van der Waals surface area contributed by atoms with Crippen molar-refractivity contribution in [3.8, 4) is 11.4 Å². The Bertz CT molecular complexity index is 1300. The van der Waals surface area contributed by atoms with Gasteiger partial charge in [-0.3, -0.25) is 4.72 Å². The Kier molecular flexibility index (Phi) is 6.86. The molecule has 6 nitrogen and oxygen atoms in total. The van der Waals surface area contributed by atoms with Gasteiger partial charge in [0.25, 0.3) is 10.0 Å². The van der Waals surface area contributed by atoms with Gasteiger partial charge >= 0.3 is 0 Å². The zero-order valence-electron chi connectivity index (χ0n) is 20.4. The zero-order valence-corrected chi connectivity index (χ0v) is 21.2. The van der Waals surface area contributed by atoms with Gasteiger partial charge in [0.15, 0.2) is 5.82 Å². The van der Waals surface area contributed by atoms with Gasteiger partial charge in [-0.05, 0) is 72.6 Å². The number of aromatic nitrogens is 2. The maximum Gasteiger partial charge on any atom is 0.261 e. The van der Waals surface area contributed by atoms with Crippen molar-refractivity contribution in [3.63, 3.8) is 0 Å². The summed E-state index contributed by atoms with van der Waals surface area (Å²) >= 11 is 0. The van der Waals surface area contributed by atoms with Crippen LogP contribution < -0.4 is 4.72 Å². The Labute approximate surface area is 202 Å². The van der Waals surface area contributed by atoms with Crippen LogP contribution >= 0.6 is 0 Å². The lowest BCUT2D eigenvalue weighted by molar-refractivity contribution is 0.402. The molecule has 2 aromatic carbocycles. The third-order valence-corrected chi connectivity index (χ3v) is 7.50. The van der Waals surface area contributed by atoms with E-state index in [0.717, 1.165) is 17.7 Å². The van der Waals surface area contributed by atoms with Crippen molar-refractivity contribution in [1.29, 1.82) is 0 Å². The van der Waals surface area contributed by atoms with Gasteiger partial charge in [-0.2, -0.15) is 0 Å². The van der Waals surface area contributed by atoms with Crippen LogP contribution in [-0.2, 0) is 23.0 Å². The first kappa shape index (κ1) is 24.1. The molecule has 0 amide bonds. The minimum absolute atomic E-state index is 0.0603. The van der Waals surface area contributed by atoms with Crippen LogP contribution in [-0.4, -0.2) is 37.4 Å². The summed E-state index contributed by atoms with van der Waals surface area (Å²) in [7, 11) is 0.309. The molecule has 3 aromatic rings. The average molecular weight is 477 g/mol. The van der Waals surface area contributed by atoms with E-state index in [4.69, 9.17) is 0 Å². The smallest absolute Gasteiger partial charge is 0.261 e. The van der Waals surface area contributed by atoms with Crippen molar-refractivity contribution in [2.24, 2.45) is 0 Å². The van der Waals surface area contributed by atoms with Gasteiger partial charge in [0.1, 0.15) is 0 Å². The second-order valence-electron chi connectivity index (χ2n) is 9.50. The quantitative estimate of drug-likeness (QED) is 0.528. The van der Waals surface area contributed by atoms with E-state index >= 15 is 0 Å². The maximum absolute atomic E-state index is 13.1. The lowest BCUT2D eigenvalue weighted by Gasteiger charge is -2.27. The highest BCUT2D eigenvalue weighted by molar-refractivity contribution is 7.89. The van der Waals surface area contributed by atoms with Gasteiger partial charge in [-0.1, -0.05) is 39.0 Å². The van der Waals surface area contributed by atoms with Crippen LogP contribution in [0.4, 0.5) is 0 Å². The van der Waals surface area contributed by atoms with E-state index in [2.05, 4.69) is 52.5 Å².